The molecule has 2 heterocycles. The van der Waals surface area contributed by atoms with E-state index in [0.717, 1.165) is 13.1 Å². The molecule has 6 nitrogen and oxygen atoms in total. The van der Waals surface area contributed by atoms with Crippen LogP contribution in [0.4, 0.5) is 4.79 Å². The zero-order chi connectivity index (χ0) is 11.8. The minimum absolute atomic E-state index is 0.130. The van der Waals surface area contributed by atoms with Gasteiger partial charge in [-0.2, -0.15) is 0 Å². The molecule has 2 saturated heterocycles. The number of nitrogens with zero attached hydrogens (tertiary/aromatic N) is 1. The number of carbonyl (C=O) groups is 2. The molecule has 2 aliphatic heterocycles. The van der Waals surface area contributed by atoms with E-state index in [0.29, 0.717) is 19.3 Å². The number of nitrogens with one attached hydrogen (secondary N) is 1. The minimum Gasteiger partial charge on any atom is -0.481 e. The molecule has 3 N–H and O–H groups in total. The Morgan fingerprint density at radius 2 is 1.88 bits per heavy atom. The summed E-state index contributed by atoms with van der Waals surface area (Å²) in [6, 6.07) is 0. The van der Waals surface area contributed by atoms with E-state index in [-0.39, 0.29) is 6.54 Å². The highest BCUT2D eigenvalue weighted by molar-refractivity contribution is 5.74. The van der Waals surface area contributed by atoms with E-state index < -0.39 is 23.5 Å². The van der Waals surface area contributed by atoms with Crippen molar-refractivity contribution in [1.29, 1.82) is 0 Å². The summed E-state index contributed by atoms with van der Waals surface area (Å²) in [5, 5.41) is 21.3. The lowest BCUT2D eigenvalue weighted by atomic mass is 9.83. The lowest BCUT2D eigenvalue weighted by Crippen LogP contribution is -2.52. The second-order valence-electron chi connectivity index (χ2n) is 4.61. The van der Waals surface area contributed by atoms with Crippen LogP contribution in [0, 0.1) is 5.92 Å². The molecule has 1 atom stereocenters. The molecule has 6 heteroatoms. The average Bonchev–Trinajstić information content (AvgIpc) is 2.59. The summed E-state index contributed by atoms with van der Waals surface area (Å²) in [5.41, 5.74) is -0.444. The Bertz CT molecular complexity index is 312. The van der Waals surface area contributed by atoms with Crippen LogP contribution >= 0.6 is 0 Å². The standard InChI is InChI=1S/C10H16N2O4/c13-8(14)7-5-10(1-3-11-4-2-10)12(6-7)9(15)16/h7,11H,1-6H2,(H,13,14)(H,15,16). The zero-order valence-corrected chi connectivity index (χ0v) is 8.98. The lowest BCUT2D eigenvalue weighted by Gasteiger charge is -2.40. The van der Waals surface area contributed by atoms with Crippen LogP contribution in [0.3, 0.4) is 0 Å². The van der Waals surface area contributed by atoms with Gasteiger partial charge in [0.15, 0.2) is 0 Å². The van der Waals surface area contributed by atoms with Crippen LogP contribution in [0.2, 0.25) is 0 Å². The van der Waals surface area contributed by atoms with Gasteiger partial charge in [-0.3, -0.25) is 4.79 Å². The van der Waals surface area contributed by atoms with Crippen LogP contribution < -0.4 is 5.32 Å². The highest BCUT2D eigenvalue weighted by Gasteiger charge is 2.50. The third kappa shape index (κ3) is 1.73. The van der Waals surface area contributed by atoms with Gasteiger partial charge in [0.2, 0.25) is 0 Å². The Labute approximate surface area is 93.2 Å². The van der Waals surface area contributed by atoms with Crippen molar-refractivity contribution >= 4 is 12.1 Å². The third-order valence-electron chi connectivity index (χ3n) is 3.72. The van der Waals surface area contributed by atoms with Gasteiger partial charge in [-0.25, -0.2) is 4.79 Å². The molecular weight excluding hydrogens is 212 g/mol. The van der Waals surface area contributed by atoms with Crippen LogP contribution in [0.25, 0.3) is 0 Å². The number of piperidine rings is 1. The number of amides is 1. The van der Waals surface area contributed by atoms with Crippen LogP contribution in [0.15, 0.2) is 0 Å². The maximum absolute atomic E-state index is 11.2. The first-order valence-electron chi connectivity index (χ1n) is 5.49. The van der Waals surface area contributed by atoms with Gasteiger partial charge in [-0.1, -0.05) is 0 Å². The van der Waals surface area contributed by atoms with Crippen molar-refractivity contribution < 1.29 is 19.8 Å². The first-order chi connectivity index (χ1) is 7.55. The molecule has 1 amide bonds. The average molecular weight is 228 g/mol. The first kappa shape index (κ1) is 11.2. The number of carboxylic acids is 1. The van der Waals surface area contributed by atoms with Gasteiger partial charge in [0.1, 0.15) is 0 Å². The van der Waals surface area contributed by atoms with E-state index in [9.17, 15) is 9.59 Å². The van der Waals surface area contributed by atoms with Gasteiger partial charge in [0, 0.05) is 12.1 Å². The second-order valence-corrected chi connectivity index (χ2v) is 4.61. The fourth-order valence-corrected chi connectivity index (χ4v) is 2.86. The molecule has 2 fully saturated rings. The minimum atomic E-state index is -0.995. The van der Waals surface area contributed by atoms with Gasteiger partial charge in [-0.05, 0) is 32.4 Å². The molecule has 0 aromatic carbocycles. The van der Waals surface area contributed by atoms with Gasteiger partial charge >= 0.3 is 12.1 Å². The molecule has 0 saturated carbocycles. The summed E-state index contributed by atoms with van der Waals surface area (Å²) >= 11 is 0. The smallest absolute Gasteiger partial charge is 0.407 e. The zero-order valence-electron chi connectivity index (χ0n) is 8.98. The Balaban J connectivity index is 2.20. The third-order valence-corrected chi connectivity index (χ3v) is 3.72. The molecule has 0 aliphatic carbocycles. The highest BCUT2D eigenvalue weighted by atomic mass is 16.4. The number of rotatable bonds is 1. The Hall–Kier alpha value is -1.30. The molecule has 0 bridgehead atoms. The fourth-order valence-electron chi connectivity index (χ4n) is 2.86. The summed E-state index contributed by atoms with van der Waals surface area (Å²) in [5.74, 6) is -1.43. The predicted octanol–water partition coefficient (Wildman–Crippen LogP) is 0.193. The highest BCUT2D eigenvalue weighted by Crippen LogP contribution is 2.39. The maximum Gasteiger partial charge on any atom is 0.407 e. The van der Waals surface area contributed by atoms with Crippen molar-refractivity contribution in [2.75, 3.05) is 19.6 Å². The van der Waals surface area contributed by atoms with E-state index in [2.05, 4.69) is 5.32 Å². The molecule has 0 aromatic rings. The quantitative estimate of drug-likeness (QED) is 0.596. The molecule has 1 unspecified atom stereocenters. The molecule has 90 valence electrons. The molecule has 2 rings (SSSR count). The molecule has 0 aromatic heterocycles. The normalized spacial score (nSPS) is 28.2. The summed E-state index contributed by atoms with van der Waals surface area (Å²) in [6.07, 6.45) is 0.883. The number of hydrogen-bond acceptors (Lipinski definition) is 3. The van der Waals surface area contributed by atoms with Crippen molar-refractivity contribution in [1.82, 2.24) is 10.2 Å². The van der Waals surface area contributed by atoms with Gasteiger partial charge in [-0.15, -0.1) is 0 Å². The summed E-state index contributed by atoms with van der Waals surface area (Å²) in [4.78, 5) is 23.5. The van der Waals surface area contributed by atoms with Gasteiger partial charge in [0.05, 0.1) is 5.92 Å². The molecular formula is C10H16N2O4. The summed E-state index contributed by atoms with van der Waals surface area (Å²) < 4.78 is 0. The molecule has 16 heavy (non-hydrogen) atoms. The first-order valence-corrected chi connectivity index (χ1v) is 5.49. The fraction of sp³-hybridized carbons (Fsp3) is 0.800. The van der Waals surface area contributed by atoms with E-state index in [1.165, 1.54) is 4.90 Å². The predicted molar refractivity (Wildman–Crippen MR) is 55.3 cm³/mol. The number of carboxylic acid groups (broad SMARTS) is 2. The van der Waals surface area contributed by atoms with E-state index >= 15 is 0 Å². The number of hydrogen-bond donors (Lipinski definition) is 3. The van der Waals surface area contributed by atoms with E-state index in [1.54, 1.807) is 0 Å². The van der Waals surface area contributed by atoms with Gasteiger partial charge < -0.3 is 20.4 Å². The van der Waals surface area contributed by atoms with Crippen molar-refractivity contribution in [2.24, 2.45) is 5.92 Å². The Kier molecular flexibility index (Phi) is 2.75. The monoisotopic (exact) mass is 228 g/mol. The van der Waals surface area contributed by atoms with Crippen molar-refractivity contribution in [3.05, 3.63) is 0 Å². The van der Waals surface area contributed by atoms with Crippen LogP contribution in [-0.4, -0.2) is 52.3 Å². The van der Waals surface area contributed by atoms with Gasteiger partial charge in [0.25, 0.3) is 0 Å². The molecule has 1 spiro atoms. The largest absolute Gasteiger partial charge is 0.481 e. The molecule has 2 aliphatic rings. The van der Waals surface area contributed by atoms with Crippen LogP contribution in [0.1, 0.15) is 19.3 Å². The second kappa shape index (κ2) is 3.93. The Morgan fingerprint density at radius 1 is 1.25 bits per heavy atom. The van der Waals surface area contributed by atoms with Crippen molar-refractivity contribution in [2.45, 2.75) is 24.8 Å². The van der Waals surface area contributed by atoms with Crippen LogP contribution in [0.5, 0.6) is 0 Å². The van der Waals surface area contributed by atoms with Crippen molar-refractivity contribution in [3.63, 3.8) is 0 Å². The van der Waals surface area contributed by atoms with Crippen LogP contribution in [-0.2, 0) is 4.79 Å². The lowest BCUT2D eigenvalue weighted by molar-refractivity contribution is -0.141. The number of likely N-dealkylation sites (tertiary alicyclic amines) is 1. The topological polar surface area (TPSA) is 89.9 Å². The SMILES string of the molecule is O=C(O)C1CN(C(=O)O)C2(CCNCC2)C1. The van der Waals surface area contributed by atoms with E-state index in [4.69, 9.17) is 10.2 Å². The van der Waals surface area contributed by atoms with Crippen molar-refractivity contribution in [3.8, 4) is 0 Å². The Morgan fingerprint density at radius 3 is 2.38 bits per heavy atom. The molecule has 0 radical (unpaired) electrons. The summed E-state index contributed by atoms with van der Waals surface area (Å²) in [7, 11) is 0. The maximum atomic E-state index is 11.2. The van der Waals surface area contributed by atoms with E-state index in [1.807, 2.05) is 0 Å². The summed E-state index contributed by atoms with van der Waals surface area (Å²) in [6.45, 7) is 1.65. The number of aliphatic carboxylic acids is 1.